The molecule has 1 heterocycles. The van der Waals surface area contributed by atoms with Crippen molar-refractivity contribution in [3.05, 3.63) is 65.4 Å². The molecule has 0 bridgehead atoms. The summed E-state index contributed by atoms with van der Waals surface area (Å²) in [5.74, 6) is -1.33. The number of para-hydroxylation sites is 1. The highest BCUT2D eigenvalue weighted by Crippen LogP contribution is 2.38. The van der Waals surface area contributed by atoms with Crippen molar-refractivity contribution in [2.24, 2.45) is 0 Å². The predicted molar refractivity (Wildman–Crippen MR) is 102 cm³/mol. The molecule has 2 aromatic carbocycles. The highest BCUT2D eigenvalue weighted by atomic mass is 16.4. The normalized spacial score (nSPS) is 12.3. The van der Waals surface area contributed by atoms with E-state index in [0.29, 0.717) is 6.42 Å². The number of carboxylic acids is 1. The Morgan fingerprint density at radius 3 is 2.40 bits per heavy atom. The molecule has 0 aliphatic heterocycles. The van der Waals surface area contributed by atoms with Crippen molar-refractivity contribution in [3.8, 4) is 11.1 Å². The largest absolute Gasteiger partial charge is 0.481 e. The Balaban J connectivity index is 2.38. The molecule has 1 aromatic heterocycles. The number of aromatic nitrogens is 1. The highest BCUT2D eigenvalue weighted by molar-refractivity contribution is 5.98. The number of rotatable bonds is 5. The van der Waals surface area contributed by atoms with Crippen LogP contribution in [-0.2, 0) is 4.79 Å². The molecular formula is C22H23NO2. The number of pyridine rings is 1. The van der Waals surface area contributed by atoms with Gasteiger partial charge in [0.15, 0.2) is 0 Å². The van der Waals surface area contributed by atoms with E-state index in [9.17, 15) is 9.90 Å². The van der Waals surface area contributed by atoms with Crippen LogP contribution in [0.1, 0.15) is 42.5 Å². The van der Waals surface area contributed by atoms with Crippen molar-refractivity contribution >= 4 is 16.9 Å². The number of benzene rings is 2. The smallest absolute Gasteiger partial charge is 0.311 e. The summed E-state index contributed by atoms with van der Waals surface area (Å²) in [6.45, 7) is 5.99. The average molecular weight is 333 g/mol. The predicted octanol–water partition coefficient (Wildman–Crippen LogP) is 5.49. The van der Waals surface area contributed by atoms with Crippen LogP contribution in [0.4, 0.5) is 0 Å². The molecule has 0 spiro atoms. The maximum atomic E-state index is 12.0. The van der Waals surface area contributed by atoms with Crippen molar-refractivity contribution in [1.29, 1.82) is 0 Å². The Kier molecular flexibility index (Phi) is 4.84. The van der Waals surface area contributed by atoms with Gasteiger partial charge in [0.1, 0.15) is 0 Å². The molecule has 128 valence electrons. The number of carbonyl (C=O) groups is 1. The number of fused-ring (bicyclic) bond motifs is 1. The molecule has 3 rings (SSSR count). The monoisotopic (exact) mass is 333 g/mol. The van der Waals surface area contributed by atoms with Crippen LogP contribution in [0, 0.1) is 13.8 Å². The van der Waals surface area contributed by atoms with Gasteiger partial charge in [-0.25, -0.2) is 0 Å². The van der Waals surface area contributed by atoms with Gasteiger partial charge in [-0.15, -0.1) is 0 Å². The quantitative estimate of drug-likeness (QED) is 0.672. The van der Waals surface area contributed by atoms with Crippen LogP contribution in [0.25, 0.3) is 22.0 Å². The van der Waals surface area contributed by atoms with Gasteiger partial charge in [0, 0.05) is 11.1 Å². The summed E-state index contributed by atoms with van der Waals surface area (Å²) in [6.07, 6.45) is 1.42. The average Bonchev–Trinajstić information content (AvgIpc) is 2.59. The molecule has 0 aliphatic rings. The van der Waals surface area contributed by atoms with E-state index in [1.54, 1.807) is 0 Å². The van der Waals surface area contributed by atoms with E-state index in [2.05, 4.69) is 31.2 Å². The van der Waals surface area contributed by atoms with Crippen molar-refractivity contribution in [3.63, 3.8) is 0 Å². The van der Waals surface area contributed by atoms with E-state index in [4.69, 9.17) is 4.98 Å². The maximum absolute atomic E-state index is 12.0. The van der Waals surface area contributed by atoms with E-state index < -0.39 is 11.9 Å². The van der Waals surface area contributed by atoms with Crippen LogP contribution in [-0.4, -0.2) is 16.1 Å². The first-order chi connectivity index (χ1) is 12.0. The Labute approximate surface area is 148 Å². The molecule has 0 amide bonds. The Morgan fingerprint density at radius 2 is 1.76 bits per heavy atom. The highest BCUT2D eigenvalue weighted by Gasteiger charge is 2.26. The second-order valence-corrected chi connectivity index (χ2v) is 6.55. The summed E-state index contributed by atoms with van der Waals surface area (Å²) in [7, 11) is 0. The third-order valence-electron chi connectivity index (χ3n) is 4.68. The van der Waals surface area contributed by atoms with Gasteiger partial charge >= 0.3 is 5.97 Å². The zero-order valence-corrected chi connectivity index (χ0v) is 14.9. The molecule has 3 nitrogen and oxygen atoms in total. The summed E-state index contributed by atoms with van der Waals surface area (Å²) >= 11 is 0. The summed E-state index contributed by atoms with van der Waals surface area (Å²) < 4.78 is 0. The number of aryl methyl sites for hydroxylation is 2. The number of hydrogen-bond donors (Lipinski definition) is 1. The fourth-order valence-electron chi connectivity index (χ4n) is 3.49. The van der Waals surface area contributed by atoms with E-state index in [-0.39, 0.29) is 0 Å². The lowest BCUT2D eigenvalue weighted by Gasteiger charge is -2.21. The van der Waals surface area contributed by atoms with Crippen LogP contribution in [0.5, 0.6) is 0 Å². The topological polar surface area (TPSA) is 50.2 Å². The summed E-state index contributed by atoms with van der Waals surface area (Å²) in [4.78, 5) is 16.7. The van der Waals surface area contributed by atoms with Crippen molar-refractivity contribution in [1.82, 2.24) is 4.98 Å². The molecule has 0 saturated heterocycles. The molecule has 1 N–H and O–H groups in total. The van der Waals surface area contributed by atoms with Crippen LogP contribution in [0.2, 0.25) is 0 Å². The summed E-state index contributed by atoms with van der Waals surface area (Å²) in [6, 6.07) is 16.3. The third kappa shape index (κ3) is 3.27. The summed E-state index contributed by atoms with van der Waals surface area (Å²) in [5.41, 5.74) is 5.78. The van der Waals surface area contributed by atoms with Crippen molar-refractivity contribution in [2.75, 3.05) is 0 Å². The molecular weight excluding hydrogens is 310 g/mol. The lowest BCUT2D eigenvalue weighted by Crippen LogP contribution is -2.15. The Bertz CT molecular complexity index is 913. The molecule has 25 heavy (non-hydrogen) atoms. The lowest BCUT2D eigenvalue weighted by atomic mass is 9.84. The first-order valence-electron chi connectivity index (χ1n) is 8.72. The van der Waals surface area contributed by atoms with Crippen molar-refractivity contribution < 1.29 is 9.90 Å². The third-order valence-corrected chi connectivity index (χ3v) is 4.68. The standard InChI is InChI=1S/C22H23NO2/c1-4-7-18(22(24)25)20-15(3)23-19-9-6-5-8-17(19)21(20)16-12-10-14(2)11-13-16/h5-6,8-13,18H,4,7H2,1-3H3,(H,24,25). The maximum Gasteiger partial charge on any atom is 0.311 e. The van der Waals surface area contributed by atoms with Gasteiger partial charge in [0.2, 0.25) is 0 Å². The van der Waals surface area contributed by atoms with E-state index >= 15 is 0 Å². The first kappa shape index (κ1) is 17.2. The second kappa shape index (κ2) is 7.06. The van der Waals surface area contributed by atoms with Gasteiger partial charge in [-0.05, 0) is 43.0 Å². The minimum atomic E-state index is -0.782. The van der Waals surface area contributed by atoms with Crippen LogP contribution in [0.15, 0.2) is 48.5 Å². The van der Waals surface area contributed by atoms with E-state index in [1.807, 2.05) is 38.1 Å². The molecule has 1 unspecified atom stereocenters. The van der Waals surface area contributed by atoms with Crippen molar-refractivity contribution in [2.45, 2.75) is 39.5 Å². The number of hydrogen-bond acceptors (Lipinski definition) is 2. The Hall–Kier alpha value is -2.68. The van der Waals surface area contributed by atoms with Crippen LogP contribution in [0.3, 0.4) is 0 Å². The fourth-order valence-corrected chi connectivity index (χ4v) is 3.49. The minimum absolute atomic E-state index is 0.543. The number of carboxylic acid groups (broad SMARTS) is 1. The van der Waals surface area contributed by atoms with E-state index in [1.165, 1.54) is 5.56 Å². The van der Waals surface area contributed by atoms with Crippen LogP contribution < -0.4 is 0 Å². The zero-order valence-electron chi connectivity index (χ0n) is 14.9. The molecule has 0 saturated carbocycles. The zero-order chi connectivity index (χ0) is 18.0. The molecule has 3 aromatic rings. The van der Waals surface area contributed by atoms with Crippen LogP contribution >= 0.6 is 0 Å². The van der Waals surface area contributed by atoms with Gasteiger partial charge in [-0.2, -0.15) is 0 Å². The second-order valence-electron chi connectivity index (χ2n) is 6.55. The minimum Gasteiger partial charge on any atom is -0.481 e. The van der Waals surface area contributed by atoms with Gasteiger partial charge < -0.3 is 5.11 Å². The summed E-state index contributed by atoms with van der Waals surface area (Å²) in [5, 5.41) is 10.9. The molecule has 1 atom stereocenters. The molecule has 0 fully saturated rings. The molecule has 3 heteroatoms. The van der Waals surface area contributed by atoms with Gasteiger partial charge in [0.05, 0.1) is 11.4 Å². The Morgan fingerprint density at radius 1 is 1.08 bits per heavy atom. The van der Waals surface area contributed by atoms with Gasteiger partial charge in [0.25, 0.3) is 0 Å². The van der Waals surface area contributed by atoms with E-state index in [0.717, 1.165) is 39.7 Å². The van der Waals surface area contributed by atoms with Gasteiger partial charge in [-0.3, -0.25) is 9.78 Å². The lowest BCUT2D eigenvalue weighted by molar-refractivity contribution is -0.139. The fraction of sp³-hybridized carbons (Fsp3) is 0.273. The molecule has 0 aliphatic carbocycles. The molecule has 0 radical (unpaired) electrons. The van der Waals surface area contributed by atoms with Gasteiger partial charge in [-0.1, -0.05) is 61.4 Å². The number of nitrogens with zero attached hydrogens (tertiary/aromatic N) is 1. The SMILES string of the molecule is CCCC(C(=O)O)c1c(C)nc2ccccc2c1-c1ccc(C)cc1. The first-order valence-corrected chi connectivity index (χ1v) is 8.72. The number of aliphatic carboxylic acids is 1.